The van der Waals surface area contributed by atoms with Crippen LogP contribution in [0.3, 0.4) is 0 Å². The molecule has 0 aromatic heterocycles. The molecule has 0 aromatic carbocycles. The minimum Gasteiger partial charge on any atom is -0.462 e. The number of phosphoric acid groups is 2. The Kier molecular flexibility index (Phi) is 65.6. The fourth-order valence-corrected chi connectivity index (χ4v) is 12.7. The highest BCUT2D eigenvalue weighted by Gasteiger charge is 2.30. The topological polar surface area (TPSA) is 237 Å². The summed E-state index contributed by atoms with van der Waals surface area (Å²) >= 11 is 0. The van der Waals surface area contributed by atoms with Crippen molar-refractivity contribution in [2.45, 2.75) is 387 Å². The third-order valence-electron chi connectivity index (χ3n) is 17.1. The molecule has 0 radical (unpaired) electrons. The number of hydrogen-bond donors (Lipinski definition) is 3. The van der Waals surface area contributed by atoms with Crippen molar-refractivity contribution in [1.82, 2.24) is 0 Å². The van der Waals surface area contributed by atoms with Crippen LogP contribution in [-0.4, -0.2) is 96.7 Å². The number of carbonyl (C=O) groups is 4. The quantitative estimate of drug-likeness (QED) is 0.0169. The molecular formula is C76H144O17P2. The summed E-state index contributed by atoms with van der Waals surface area (Å²) in [4.78, 5) is 72.8. The maximum atomic E-state index is 13.1. The van der Waals surface area contributed by atoms with E-state index in [0.29, 0.717) is 25.7 Å². The molecule has 0 aliphatic rings. The van der Waals surface area contributed by atoms with Crippen molar-refractivity contribution in [1.29, 1.82) is 0 Å². The molecule has 0 heterocycles. The molecule has 0 aliphatic carbocycles. The largest absolute Gasteiger partial charge is 0.472 e. The molecule has 2 unspecified atom stereocenters. The molecule has 0 rings (SSSR count). The second-order valence-corrected chi connectivity index (χ2v) is 30.6. The summed E-state index contributed by atoms with van der Waals surface area (Å²) in [5.74, 6) is -0.671. The van der Waals surface area contributed by atoms with Gasteiger partial charge in [-0.1, -0.05) is 316 Å². The molecule has 19 heteroatoms. The summed E-state index contributed by atoms with van der Waals surface area (Å²) in [6.07, 6.45) is 57.7. The maximum Gasteiger partial charge on any atom is 0.472 e. The molecular weight excluding hydrogens is 1250 g/mol. The van der Waals surface area contributed by atoms with Crippen LogP contribution in [0.5, 0.6) is 0 Å². The fourth-order valence-electron chi connectivity index (χ4n) is 11.1. The van der Waals surface area contributed by atoms with E-state index in [2.05, 4.69) is 65.8 Å². The Labute approximate surface area is 580 Å². The Bertz CT molecular complexity index is 1930. The van der Waals surface area contributed by atoms with Crippen LogP contribution in [0.2, 0.25) is 0 Å². The first-order chi connectivity index (χ1) is 45.9. The molecule has 0 aromatic rings. The zero-order valence-electron chi connectivity index (χ0n) is 61.5. The van der Waals surface area contributed by atoms with E-state index in [1.165, 1.54) is 167 Å². The van der Waals surface area contributed by atoms with Gasteiger partial charge in [-0.15, -0.1) is 0 Å². The highest BCUT2D eigenvalue weighted by atomic mass is 31.2. The number of rotatable bonds is 73. The van der Waals surface area contributed by atoms with Crippen LogP contribution in [0.15, 0.2) is 24.3 Å². The predicted molar refractivity (Wildman–Crippen MR) is 386 cm³/mol. The first kappa shape index (κ1) is 92.5. The fraction of sp³-hybridized carbons (Fsp3) is 0.895. The first-order valence-corrected chi connectivity index (χ1v) is 41.8. The number of phosphoric ester groups is 2. The van der Waals surface area contributed by atoms with Gasteiger partial charge in [0.05, 0.1) is 26.4 Å². The lowest BCUT2D eigenvalue weighted by Gasteiger charge is -2.21. The highest BCUT2D eigenvalue weighted by molar-refractivity contribution is 7.47. The lowest BCUT2D eigenvalue weighted by Crippen LogP contribution is -2.30. The Balaban J connectivity index is 5.29. The number of ether oxygens (including phenoxy) is 4. The molecule has 0 fully saturated rings. The number of aliphatic hydroxyl groups is 1. The zero-order chi connectivity index (χ0) is 70.0. The monoisotopic (exact) mass is 1390 g/mol. The highest BCUT2D eigenvalue weighted by Crippen LogP contribution is 2.45. The Morgan fingerprint density at radius 3 is 0.863 bits per heavy atom. The van der Waals surface area contributed by atoms with E-state index in [4.69, 9.17) is 37.0 Å². The second kappa shape index (κ2) is 67.4. The van der Waals surface area contributed by atoms with E-state index in [0.717, 1.165) is 121 Å². The normalized spacial score (nSPS) is 14.2. The van der Waals surface area contributed by atoms with Gasteiger partial charge in [0, 0.05) is 25.7 Å². The average Bonchev–Trinajstić information content (AvgIpc) is 2.03. The van der Waals surface area contributed by atoms with Crippen molar-refractivity contribution in [3.63, 3.8) is 0 Å². The molecule has 0 saturated heterocycles. The molecule has 0 aliphatic heterocycles. The Hall–Kier alpha value is -2.46. The van der Waals surface area contributed by atoms with E-state index >= 15 is 0 Å². The number of aliphatic hydroxyl groups excluding tert-OH is 1. The maximum absolute atomic E-state index is 13.1. The van der Waals surface area contributed by atoms with Crippen LogP contribution in [0.1, 0.15) is 369 Å². The van der Waals surface area contributed by atoms with Crippen molar-refractivity contribution < 1.29 is 80.2 Å². The van der Waals surface area contributed by atoms with E-state index in [1.54, 1.807) is 0 Å². The predicted octanol–water partition coefficient (Wildman–Crippen LogP) is 21.9. The van der Waals surface area contributed by atoms with Gasteiger partial charge >= 0.3 is 39.5 Å². The van der Waals surface area contributed by atoms with Crippen LogP contribution in [0.25, 0.3) is 0 Å². The van der Waals surface area contributed by atoms with Crippen LogP contribution in [0, 0.1) is 11.8 Å². The molecule has 5 atom stereocenters. The molecule has 0 bridgehead atoms. The van der Waals surface area contributed by atoms with E-state index < -0.39 is 97.5 Å². The molecule has 0 saturated carbocycles. The molecule has 0 spiro atoms. The van der Waals surface area contributed by atoms with Crippen molar-refractivity contribution >= 4 is 39.5 Å². The molecule has 560 valence electrons. The van der Waals surface area contributed by atoms with E-state index in [9.17, 15) is 43.2 Å². The van der Waals surface area contributed by atoms with Crippen molar-refractivity contribution in [3.05, 3.63) is 24.3 Å². The number of esters is 4. The van der Waals surface area contributed by atoms with Gasteiger partial charge in [0.2, 0.25) is 0 Å². The van der Waals surface area contributed by atoms with Gasteiger partial charge in [0.15, 0.2) is 12.2 Å². The van der Waals surface area contributed by atoms with Crippen LogP contribution in [-0.2, 0) is 65.4 Å². The van der Waals surface area contributed by atoms with E-state index in [1.807, 2.05) is 0 Å². The van der Waals surface area contributed by atoms with Crippen molar-refractivity contribution in [2.24, 2.45) is 11.8 Å². The van der Waals surface area contributed by atoms with Crippen molar-refractivity contribution in [2.75, 3.05) is 39.6 Å². The number of allylic oxidation sites excluding steroid dienone is 4. The summed E-state index contributed by atoms with van der Waals surface area (Å²) in [6, 6.07) is 0. The average molecular weight is 1390 g/mol. The summed E-state index contributed by atoms with van der Waals surface area (Å²) in [7, 11) is -9.92. The molecule has 95 heavy (non-hydrogen) atoms. The lowest BCUT2D eigenvalue weighted by atomic mass is 10.0. The van der Waals surface area contributed by atoms with Gasteiger partial charge in [0.1, 0.15) is 19.3 Å². The lowest BCUT2D eigenvalue weighted by molar-refractivity contribution is -0.161. The van der Waals surface area contributed by atoms with Gasteiger partial charge in [-0.3, -0.25) is 37.3 Å². The molecule has 17 nitrogen and oxygen atoms in total. The summed E-state index contributed by atoms with van der Waals surface area (Å²) in [6.45, 7) is 9.48. The minimum atomic E-state index is -4.96. The molecule has 3 N–H and O–H groups in total. The van der Waals surface area contributed by atoms with Gasteiger partial charge in [0.25, 0.3) is 0 Å². The number of hydrogen-bond acceptors (Lipinski definition) is 15. The molecule has 0 amide bonds. The standard InChI is InChI=1S/C76H144O17P2/c1-7-9-11-13-15-17-19-21-23-25-27-29-34-42-48-54-60-75(80)92-71(64-86-73(78)58-52-46-40-33-28-26-24-22-20-18-16-14-12-10-8-2)66-90-94(82,83)88-62-70(77)63-89-95(84,85)91-67-72(65-87-74(79)59-53-47-41-37-36-39-45-51-57-69(5)6)93-76(81)61-55-49-43-35-31-30-32-38-44-50-56-68(3)4/h18,20,22,24,68-72,77H,7-17,19,21,23,25-67H2,1-6H3,(H,82,83)(H,84,85)/b20-18-,24-22-/t70-,71-,72-/m1/s1. The summed E-state index contributed by atoms with van der Waals surface area (Å²) in [5, 5.41) is 10.6. The SMILES string of the molecule is CCCCCC/C=C\C=C/CCCCCCCC(=O)OC[C@H](COP(=O)(O)OC[C@@H](O)COP(=O)(O)OC[C@@H](COC(=O)CCCCCCCCCCC(C)C)OC(=O)CCCCCCCCCCCCC(C)C)OC(=O)CCCCCCCCCCCCCCCCCC. The van der Waals surface area contributed by atoms with Gasteiger partial charge in [-0.05, 0) is 63.2 Å². The second-order valence-electron chi connectivity index (χ2n) is 27.7. The van der Waals surface area contributed by atoms with Crippen LogP contribution >= 0.6 is 15.6 Å². The number of carbonyl (C=O) groups excluding carboxylic acids is 4. The minimum absolute atomic E-state index is 0.101. The smallest absolute Gasteiger partial charge is 0.462 e. The van der Waals surface area contributed by atoms with Gasteiger partial charge < -0.3 is 33.8 Å². The zero-order valence-corrected chi connectivity index (χ0v) is 63.2. The third-order valence-corrected chi connectivity index (χ3v) is 19.0. The van der Waals surface area contributed by atoms with Gasteiger partial charge in [-0.2, -0.15) is 0 Å². The summed E-state index contributed by atoms with van der Waals surface area (Å²) < 4.78 is 68.5. The Morgan fingerprint density at radius 1 is 0.326 bits per heavy atom. The van der Waals surface area contributed by atoms with Crippen molar-refractivity contribution in [3.8, 4) is 0 Å². The van der Waals surface area contributed by atoms with Crippen LogP contribution < -0.4 is 0 Å². The summed E-state index contributed by atoms with van der Waals surface area (Å²) in [5.41, 5.74) is 0. The first-order valence-electron chi connectivity index (χ1n) is 38.8. The van der Waals surface area contributed by atoms with E-state index in [-0.39, 0.29) is 25.7 Å². The van der Waals surface area contributed by atoms with Gasteiger partial charge in [-0.25, -0.2) is 9.13 Å². The third kappa shape index (κ3) is 69.8. The Morgan fingerprint density at radius 2 is 0.568 bits per heavy atom. The number of unbranched alkanes of at least 4 members (excludes halogenated alkanes) is 40. The van der Waals surface area contributed by atoms with Crippen LogP contribution in [0.4, 0.5) is 0 Å².